The van der Waals surface area contributed by atoms with Crippen LogP contribution in [0.1, 0.15) is 25.7 Å². The van der Waals surface area contributed by atoms with Crippen LogP contribution in [0.25, 0.3) is 0 Å². The van der Waals surface area contributed by atoms with Gasteiger partial charge in [0, 0.05) is 26.2 Å². The van der Waals surface area contributed by atoms with Gasteiger partial charge in [-0.1, -0.05) is 0 Å². The van der Waals surface area contributed by atoms with E-state index < -0.39 is 0 Å². The molecule has 0 amide bonds. The first-order chi connectivity index (χ1) is 8.78. The third-order valence-electron chi connectivity index (χ3n) is 3.97. The summed E-state index contributed by atoms with van der Waals surface area (Å²) in [6, 6.07) is 0. The second kappa shape index (κ2) is 7.43. The van der Waals surface area contributed by atoms with Crippen molar-refractivity contribution in [2.75, 3.05) is 46.9 Å². The predicted molar refractivity (Wildman–Crippen MR) is 72.9 cm³/mol. The Kier molecular flexibility index (Phi) is 5.89. The smallest absolute Gasteiger partial charge is 0.0707 e. The molecule has 0 spiro atoms. The summed E-state index contributed by atoms with van der Waals surface area (Å²) in [6.45, 7) is 5.10. The Hall–Kier alpha value is -0.160. The lowest BCUT2D eigenvalue weighted by Gasteiger charge is -2.28. The Balaban J connectivity index is 1.63. The summed E-state index contributed by atoms with van der Waals surface area (Å²) in [5, 5.41) is 3.19. The fourth-order valence-corrected chi connectivity index (χ4v) is 3.11. The van der Waals surface area contributed by atoms with Crippen molar-refractivity contribution >= 4 is 0 Å². The molecule has 2 saturated heterocycles. The van der Waals surface area contributed by atoms with Crippen molar-refractivity contribution in [3.05, 3.63) is 0 Å². The van der Waals surface area contributed by atoms with E-state index >= 15 is 0 Å². The molecule has 2 aliphatic rings. The minimum absolute atomic E-state index is 0.423. The lowest BCUT2D eigenvalue weighted by Crippen LogP contribution is -2.36. The van der Waals surface area contributed by atoms with Gasteiger partial charge in [0.2, 0.25) is 0 Å². The monoisotopic (exact) mass is 256 g/mol. The molecule has 3 unspecified atom stereocenters. The molecule has 0 aromatic heterocycles. The largest absolute Gasteiger partial charge is 0.381 e. The second-order valence-electron chi connectivity index (χ2n) is 5.82. The molecule has 0 saturated carbocycles. The predicted octanol–water partition coefficient (Wildman–Crippen LogP) is 1.11. The van der Waals surface area contributed by atoms with Crippen molar-refractivity contribution < 1.29 is 9.47 Å². The van der Waals surface area contributed by atoms with Crippen LogP contribution in [-0.4, -0.2) is 64.1 Å². The van der Waals surface area contributed by atoms with Crippen LogP contribution in [-0.2, 0) is 9.47 Å². The van der Waals surface area contributed by atoms with Crippen LogP contribution >= 0.6 is 0 Å². The minimum atomic E-state index is 0.423. The van der Waals surface area contributed by atoms with Gasteiger partial charge in [0.05, 0.1) is 18.8 Å². The number of nitrogens with zero attached hydrogens (tertiary/aromatic N) is 1. The van der Waals surface area contributed by atoms with Crippen molar-refractivity contribution in [3.63, 3.8) is 0 Å². The number of nitrogens with one attached hydrogen (secondary N) is 1. The van der Waals surface area contributed by atoms with Gasteiger partial charge in [0.15, 0.2) is 0 Å². The molecule has 2 heterocycles. The Labute approximate surface area is 111 Å². The standard InChI is InChI=1S/C14H28N2O2/c1-15-8-13-5-6-14(18-13)10-16(2)9-12-4-3-7-17-11-12/h12-15H,3-11H2,1-2H3. The zero-order valence-electron chi connectivity index (χ0n) is 11.9. The van der Waals surface area contributed by atoms with Crippen LogP contribution in [0.15, 0.2) is 0 Å². The van der Waals surface area contributed by atoms with Crippen LogP contribution in [0.5, 0.6) is 0 Å². The Bertz CT molecular complexity index is 232. The highest BCUT2D eigenvalue weighted by molar-refractivity contribution is 4.78. The number of ether oxygens (including phenoxy) is 2. The summed E-state index contributed by atoms with van der Waals surface area (Å²) in [7, 11) is 4.20. The van der Waals surface area contributed by atoms with Gasteiger partial charge in [-0.3, -0.25) is 0 Å². The van der Waals surface area contributed by atoms with Crippen molar-refractivity contribution in [3.8, 4) is 0 Å². The lowest BCUT2D eigenvalue weighted by molar-refractivity contribution is 0.0118. The van der Waals surface area contributed by atoms with E-state index in [1.54, 1.807) is 0 Å². The first-order valence-corrected chi connectivity index (χ1v) is 7.34. The van der Waals surface area contributed by atoms with E-state index in [-0.39, 0.29) is 0 Å². The van der Waals surface area contributed by atoms with Crippen LogP contribution < -0.4 is 5.32 Å². The van der Waals surface area contributed by atoms with Crippen LogP contribution in [0.4, 0.5) is 0 Å². The number of rotatable bonds is 6. The summed E-state index contributed by atoms with van der Waals surface area (Å²) < 4.78 is 11.6. The van der Waals surface area contributed by atoms with Gasteiger partial charge in [-0.15, -0.1) is 0 Å². The number of hydrogen-bond donors (Lipinski definition) is 1. The molecule has 0 aromatic rings. The van der Waals surface area contributed by atoms with E-state index in [0.29, 0.717) is 12.2 Å². The normalized spacial score (nSPS) is 33.2. The molecule has 2 fully saturated rings. The van der Waals surface area contributed by atoms with Gasteiger partial charge in [0.1, 0.15) is 0 Å². The zero-order valence-corrected chi connectivity index (χ0v) is 11.9. The molecule has 1 N–H and O–H groups in total. The van der Waals surface area contributed by atoms with Crippen LogP contribution in [0.3, 0.4) is 0 Å². The van der Waals surface area contributed by atoms with E-state index in [4.69, 9.17) is 9.47 Å². The molecule has 4 nitrogen and oxygen atoms in total. The maximum Gasteiger partial charge on any atom is 0.0707 e. The second-order valence-corrected chi connectivity index (χ2v) is 5.82. The fourth-order valence-electron chi connectivity index (χ4n) is 3.11. The highest BCUT2D eigenvalue weighted by Gasteiger charge is 2.26. The summed E-state index contributed by atoms with van der Waals surface area (Å²) in [4.78, 5) is 2.42. The van der Waals surface area contributed by atoms with Crippen molar-refractivity contribution in [1.29, 1.82) is 0 Å². The van der Waals surface area contributed by atoms with E-state index in [1.807, 2.05) is 7.05 Å². The molecular formula is C14H28N2O2. The average Bonchev–Trinajstić information content (AvgIpc) is 2.78. The molecule has 18 heavy (non-hydrogen) atoms. The van der Waals surface area contributed by atoms with Crippen molar-refractivity contribution in [2.45, 2.75) is 37.9 Å². The molecule has 0 radical (unpaired) electrons. The third-order valence-corrected chi connectivity index (χ3v) is 3.97. The van der Waals surface area contributed by atoms with E-state index in [9.17, 15) is 0 Å². The summed E-state index contributed by atoms with van der Waals surface area (Å²) in [6.07, 6.45) is 5.80. The fraction of sp³-hybridized carbons (Fsp3) is 1.00. The molecule has 3 atom stereocenters. The number of likely N-dealkylation sites (N-methyl/N-ethyl adjacent to an activating group) is 2. The molecule has 0 aliphatic carbocycles. The molecule has 0 bridgehead atoms. The van der Waals surface area contributed by atoms with Gasteiger partial charge >= 0.3 is 0 Å². The quantitative estimate of drug-likeness (QED) is 0.772. The Morgan fingerprint density at radius 1 is 1.17 bits per heavy atom. The van der Waals surface area contributed by atoms with Gasteiger partial charge in [-0.25, -0.2) is 0 Å². The molecule has 0 aromatic carbocycles. The molecule has 2 rings (SSSR count). The van der Waals surface area contributed by atoms with E-state index in [2.05, 4.69) is 17.3 Å². The summed E-state index contributed by atoms with van der Waals surface area (Å²) in [5.41, 5.74) is 0. The van der Waals surface area contributed by atoms with Crippen LogP contribution in [0.2, 0.25) is 0 Å². The zero-order chi connectivity index (χ0) is 12.8. The van der Waals surface area contributed by atoms with Crippen molar-refractivity contribution in [2.24, 2.45) is 5.92 Å². The molecule has 106 valence electrons. The SMILES string of the molecule is CNCC1CCC(CN(C)CC2CCCOC2)O1. The lowest BCUT2D eigenvalue weighted by atomic mass is 10.0. The van der Waals surface area contributed by atoms with E-state index in [1.165, 1.54) is 25.7 Å². The van der Waals surface area contributed by atoms with E-state index in [0.717, 1.165) is 38.8 Å². The minimum Gasteiger partial charge on any atom is -0.381 e. The highest BCUT2D eigenvalue weighted by Crippen LogP contribution is 2.21. The van der Waals surface area contributed by atoms with Gasteiger partial charge in [-0.2, -0.15) is 0 Å². The Morgan fingerprint density at radius 3 is 2.72 bits per heavy atom. The third kappa shape index (κ3) is 4.50. The summed E-state index contributed by atoms with van der Waals surface area (Å²) >= 11 is 0. The first-order valence-electron chi connectivity index (χ1n) is 7.34. The topological polar surface area (TPSA) is 33.7 Å². The average molecular weight is 256 g/mol. The van der Waals surface area contributed by atoms with Gasteiger partial charge in [-0.05, 0) is 45.7 Å². The van der Waals surface area contributed by atoms with Gasteiger partial charge < -0.3 is 19.7 Å². The highest BCUT2D eigenvalue weighted by atomic mass is 16.5. The maximum absolute atomic E-state index is 6.03. The molecule has 2 aliphatic heterocycles. The number of hydrogen-bond acceptors (Lipinski definition) is 4. The van der Waals surface area contributed by atoms with Crippen molar-refractivity contribution in [1.82, 2.24) is 10.2 Å². The maximum atomic E-state index is 6.03. The molecular weight excluding hydrogens is 228 g/mol. The van der Waals surface area contributed by atoms with Gasteiger partial charge in [0.25, 0.3) is 0 Å². The van der Waals surface area contributed by atoms with Crippen LogP contribution in [0, 0.1) is 5.92 Å². The first kappa shape index (κ1) is 14.3. The Morgan fingerprint density at radius 2 is 2.00 bits per heavy atom. The molecule has 4 heteroatoms. The summed E-state index contributed by atoms with van der Waals surface area (Å²) in [5.74, 6) is 0.721.